The Bertz CT molecular complexity index is 560. The number of benzene rings is 1. The summed E-state index contributed by atoms with van der Waals surface area (Å²) in [7, 11) is -3.80. The van der Waals surface area contributed by atoms with E-state index in [1.54, 1.807) is 19.1 Å². The van der Waals surface area contributed by atoms with Crippen molar-refractivity contribution in [3.63, 3.8) is 0 Å². The standard InChI is InChI=1S/C13H19FN2O2S/c1-10-5-4-7-12(13(10)14)19(17,18)16-8-3-2-6-11(16)9-15/h4-5,7,11H,2-3,6,8-9,15H2,1H3. The number of aryl methyl sites for hydroxylation is 1. The van der Waals surface area contributed by atoms with E-state index < -0.39 is 15.8 Å². The van der Waals surface area contributed by atoms with Crippen LogP contribution in [0.15, 0.2) is 23.1 Å². The maximum Gasteiger partial charge on any atom is 0.246 e. The molecule has 2 rings (SSSR count). The van der Waals surface area contributed by atoms with Gasteiger partial charge in [0.25, 0.3) is 0 Å². The van der Waals surface area contributed by atoms with Crippen LogP contribution in [0.4, 0.5) is 4.39 Å². The Morgan fingerprint density at radius 3 is 2.84 bits per heavy atom. The van der Waals surface area contributed by atoms with Crippen molar-refractivity contribution >= 4 is 10.0 Å². The lowest BCUT2D eigenvalue weighted by Gasteiger charge is -2.34. The van der Waals surface area contributed by atoms with E-state index in [0.717, 1.165) is 19.3 Å². The molecular weight excluding hydrogens is 267 g/mol. The van der Waals surface area contributed by atoms with Crippen molar-refractivity contribution in [1.29, 1.82) is 0 Å². The fraction of sp³-hybridized carbons (Fsp3) is 0.538. The van der Waals surface area contributed by atoms with E-state index in [9.17, 15) is 12.8 Å². The fourth-order valence-corrected chi connectivity index (χ4v) is 4.32. The molecule has 0 spiro atoms. The molecule has 1 saturated heterocycles. The molecule has 1 aromatic carbocycles. The van der Waals surface area contributed by atoms with Crippen LogP contribution >= 0.6 is 0 Å². The van der Waals surface area contributed by atoms with Gasteiger partial charge in [-0.2, -0.15) is 4.31 Å². The second-order valence-electron chi connectivity index (χ2n) is 4.89. The third kappa shape index (κ3) is 2.66. The van der Waals surface area contributed by atoms with Crippen LogP contribution in [0, 0.1) is 12.7 Å². The Hall–Kier alpha value is -0.980. The zero-order chi connectivity index (χ0) is 14.0. The minimum absolute atomic E-state index is 0.223. The average Bonchev–Trinajstić information content (AvgIpc) is 2.41. The Morgan fingerprint density at radius 2 is 2.16 bits per heavy atom. The quantitative estimate of drug-likeness (QED) is 0.918. The molecule has 19 heavy (non-hydrogen) atoms. The largest absolute Gasteiger partial charge is 0.329 e. The minimum atomic E-state index is -3.80. The molecule has 1 unspecified atom stereocenters. The van der Waals surface area contributed by atoms with Crippen molar-refractivity contribution in [3.05, 3.63) is 29.6 Å². The number of rotatable bonds is 3. The van der Waals surface area contributed by atoms with Crippen LogP contribution in [-0.2, 0) is 10.0 Å². The summed E-state index contributed by atoms with van der Waals surface area (Å²) in [5.74, 6) is -0.663. The van der Waals surface area contributed by atoms with Gasteiger partial charge in [-0.3, -0.25) is 0 Å². The van der Waals surface area contributed by atoms with Gasteiger partial charge in [-0.15, -0.1) is 0 Å². The van der Waals surface area contributed by atoms with Gasteiger partial charge in [-0.25, -0.2) is 12.8 Å². The molecule has 0 bridgehead atoms. The first-order valence-corrected chi connectivity index (χ1v) is 7.89. The number of halogens is 1. The summed E-state index contributed by atoms with van der Waals surface area (Å²) < 4.78 is 40.5. The number of sulfonamides is 1. The molecule has 0 radical (unpaired) electrons. The molecule has 1 aromatic rings. The van der Waals surface area contributed by atoms with Gasteiger partial charge in [0.1, 0.15) is 10.7 Å². The molecule has 1 aliphatic heterocycles. The molecule has 6 heteroatoms. The summed E-state index contributed by atoms with van der Waals surface area (Å²) >= 11 is 0. The van der Waals surface area contributed by atoms with E-state index in [1.807, 2.05) is 0 Å². The van der Waals surface area contributed by atoms with E-state index in [4.69, 9.17) is 5.73 Å². The summed E-state index contributed by atoms with van der Waals surface area (Å²) in [5, 5.41) is 0. The van der Waals surface area contributed by atoms with Gasteiger partial charge >= 0.3 is 0 Å². The van der Waals surface area contributed by atoms with Crippen molar-refractivity contribution in [3.8, 4) is 0 Å². The van der Waals surface area contributed by atoms with Crippen LogP contribution in [0.25, 0.3) is 0 Å². The third-order valence-electron chi connectivity index (χ3n) is 3.59. The Kier molecular flexibility index (Phi) is 4.23. The SMILES string of the molecule is Cc1cccc(S(=O)(=O)N2CCCCC2CN)c1F. The van der Waals surface area contributed by atoms with Gasteiger partial charge in [0, 0.05) is 19.1 Å². The minimum Gasteiger partial charge on any atom is -0.329 e. The maximum atomic E-state index is 14.0. The monoisotopic (exact) mass is 286 g/mol. The lowest BCUT2D eigenvalue weighted by Crippen LogP contribution is -2.47. The third-order valence-corrected chi connectivity index (χ3v) is 5.56. The first-order chi connectivity index (χ1) is 8.98. The topological polar surface area (TPSA) is 63.4 Å². The highest BCUT2D eigenvalue weighted by Gasteiger charge is 2.34. The highest BCUT2D eigenvalue weighted by atomic mass is 32.2. The average molecular weight is 286 g/mol. The molecule has 1 aliphatic rings. The van der Waals surface area contributed by atoms with Crippen LogP contribution in [-0.4, -0.2) is 31.9 Å². The molecule has 1 fully saturated rings. The lowest BCUT2D eigenvalue weighted by molar-refractivity contribution is 0.257. The number of piperidine rings is 1. The van der Waals surface area contributed by atoms with E-state index in [2.05, 4.69) is 0 Å². The Labute approximate surface area is 113 Å². The molecule has 2 N–H and O–H groups in total. The predicted molar refractivity (Wildman–Crippen MR) is 71.7 cm³/mol. The van der Waals surface area contributed by atoms with Crippen LogP contribution in [0.1, 0.15) is 24.8 Å². The second-order valence-corrected chi connectivity index (χ2v) is 6.75. The Morgan fingerprint density at radius 1 is 1.42 bits per heavy atom. The van der Waals surface area contributed by atoms with Gasteiger partial charge in [0.2, 0.25) is 10.0 Å². The summed E-state index contributed by atoms with van der Waals surface area (Å²) in [5.41, 5.74) is 5.97. The summed E-state index contributed by atoms with van der Waals surface area (Å²) in [6.07, 6.45) is 2.50. The molecule has 4 nitrogen and oxygen atoms in total. The first-order valence-electron chi connectivity index (χ1n) is 6.45. The van der Waals surface area contributed by atoms with Crippen molar-refractivity contribution in [2.45, 2.75) is 37.1 Å². The van der Waals surface area contributed by atoms with Gasteiger partial charge in [0.15, 0.2) is 0 Å². The second kappa shape index (κ2) is 5.56. The summed E-state index contributed by atoms with van der Waals surface area (Å²) in [6.45, 7) is 2.25. The van der Waals surface area contributed by atoms with Crippen molar-refractivity contribution in [1.82, 2.24) is 4.31 Å². The van der Waals surface area contributed by atoms with Crippen molar-refractivity contribution < 1.29 is 12.8 Å². The first kappa shape index (κ1) is 14.4. The number of hydrogen-bond donors (Lipinski definition) is 1. The predicted octanol–water partition coefficient (Wildman–Crippen LogP) is 1.64. The molecule has 0 amide bonds. The molecule has 0 aromatic heterocycles. The molecule has 1 atom stereocenters. The number of nitrogens with zero attached hydrogens (tertiary/aromatic N) is 1. The van der Waals surface area contributed by atoms with Crippen LogP contribution in [0.2, 0.25) is 0 Å². The van der Waals surface area contributed by atoms with Crippen LogP contribution < -0.4 is 5.73 Å². The molecule has 0 saturated carbocycles. The van der Waals surface area contributed by atoms with Gasteiger partial charge in [-0.1, -0.05) is 18.6 Å². The van der Waals surface area contributed by atoms with E-state index in [1.165, 1.54) is 10.4 Å². The highest BCUT2D eigenvalue weighted by molar-refractivity contribution is 7.89. The van der Waals surface area contributed by atoms with Gasteiger partial charge < -0.3 is 5.73 Å². The van der Waals surface area contributed by atoms with Crippen molar-refractivity contribution in [2.75, 3.05) is 13.1 Å². The van der Waals surface area contributed by atoms with E-state index in [-0.39, 0.29) is 17.5 Å². The molecule has 106 valence electrons. The Balaban J connectivity index is 2.44. The summed E-state index contributed by atoms with van der Waals surface area (Å²) in [6, 6.07) is 4.22. The molecule has 0 aliphatic carbocycles. The van der Waals surface area contributed by atoms with Crippen molar-refractivity contribution in [2.24, 2.45) is 5.73 Å². The van der Waals surface area contributed by atoms with E-state index >= 15 is 0 Å². The molecular formula is C13H19FN2O2S. The number of hydrogen-bond acceptors (Lipinski definition) is 3. The smallest absolute Gasteiger partial charge is 0.246 e. The van der Waals surface area contributed by atoms with Crippen LogP contribution in [0.5, 0.6) is 0 Å². The van der Waals surface area contributed by atoms with Crippen LogP contribution in [0.3, 0.4) is 0 Å². The normalized spacial score (nSPS) is 21.5. The van der Waals surface area contributed by atoms with Gasteiger partial charge in [0.05, 0.1) is 0 Å². The zero-order valence-electron chi connectivity index (χ0n) is 11.0. The fourth-order valence-electron chi connectivity index (χ4n) is 2.47. The maximum absolute atomic E-state index is 14.0. The lowest BCUT2D eigenvalue weighted by atomic mass is 10.1. The number of nitrogens with two attached hydrogens (primary N) is 1. The highest BCUT2D eigenvalue weighted by Crippen LogP contribution is 2.27. The molecule has 1 heterocycles. The zero-order valence-corrected chi connectivity index (χ0v) is 11.8. The van der Waals surface area contributed by atoms with Gasteiger partial charge in [-0.05, 0) is 31.4 Å². The summed E-state index contributed by atoms with van der Waals surface area (Å²) in [4.78, 5) is -0.243. The van der Waals surface area contributed by atoms with E-state index in [0.29, 0.717) is 12.1 Å².